The van der Waals surface area contributed by atoms with Gasteiger partial charge in [0.15, 0.2) is 0 Å². The fraction of sp³-hybridized carbons (Fsp3) is 0.619. The van der Waals surface area contributed by atoms with Crippen LogP contribution in [0.15, 0.2) is 16.6 Å². The molecule has 1 spiro atoms. The minimum atomic E-state index is -0.333. The van der Waals surface area contributed by atoms with Crippen molar-refractivity contribution in [1.29, 1.82) is 0 Å². The largest absolute Gasteiger partial charge is 0.462 e. The van der Waals surface area contributed by atoms with Gasteiger partial charge in [-0.15, -0.1) is 0 Å². The van der Waals surface area contributed by atoms with E-state index in [1.54, 1.807) is 12.3 Å². The van der Waals surface area contributed by atoms with E-state index in [1.165, 1.54) is 0 Å². The number of esters is 1. The zero-order valence-electron chi connectivity index (χ0n) is 16.9. The molecule has 1 amide bonds. The Hall–Kier alpha value is -2.48. The van der Waals surface area contributed by atoms with Crippen molar-refractivity contribution < 1.29 is 19.1 Å². The molecule has 0 saturated carbocycles. The lowest BCUT2D eigenvalue weighted by atomic mass is 9.76. The lowest BCUT2D eigenvalue weighted by Crippen LogP contribution is -2.40. The maximum atomic E-state index is 12.8. The van der Waals surface area contributed by atoms with Gasteiger partial charge in [0.25, 0.3) is 5.91 Å². The molecule has 1 fully saturated rings. The monoisotopic (exact) mass is 400 g/mol. The predicted octanol–water partition coefficient (Wildman–Crippen LogP) is 1.47. The molecule has 8 nitrogen and oxygen atoms in total. The molecule has 0 radical (unpaired) electrons. The summed E-state index contributed by atoms with van der Waals surface area (Å²) >= 11 is 0. The number of aliphatic imine (C=N–C) groups is 1. The molecule has 1 aromatic rings. The SMILES string of the molecule is CCc1nn(CCCOC(=O)C2=CCN=C2)c2c1C(=O)NCC1(CCOCC1)C2. The molecule has 0 aliphatic carbocycles. The molecular formula is C21H28N4O4. The Kier molecular flexibility index (Phi) is 5.80. The van der Waals surface area contributed by atoms with Crippen LogP contribution < -0.4 is 5.32 Å². The maximum Gasteiger partial charge on any atom is 0.339 e. The summed E-state index contributed by atoms with van der Waals surface area (Å²) in [7, 11) is 0. The standard InChI is InChI=1S/C21H28N4O4/c1-2-16-18-17(12-21(14-23-19(18)26)5-10-28-11-6-21)25(24-16)8-3-9-29-20(27)15-4-7-22-13-15/h4,13H,2-3,5-12,14H2,1H3,(H,23,26). The molecule has 3 aliphatic rings. The number of aryl methyl sites for hydroxylation is 2. The van der Waals surface area contributed by atoms with Crippen LogP contribution in [0.2, 0.25) is 0 Å². The molecule has 0 aromatic carbocycles. The number of nitrogens with one attached hydrogen (secondary N) is 1. The van der Waals surface area contributed by atoms with E-state index in [4.69, 9.17) is 14.6 Å². The fourth-order valence-electron chi connectivity index (χ4n) is 4.31. The summed E-state index contributed by atoms with van der Waals surface area (Å²) in [5, 5.41) is 7.85. The van der Waals surface area contributed by atoms with Crippen molar-refractivity contribution >= 4 is 18.1 Å². The van der Waals surface area contributed by atoms with Gasteiger partial charge in [0.05, 0.1) is 35.7 Å². The zero-order chi connectivity index (χ0) is 20.3. The molecule has 29 heavy (non-hydrogen) atoms. The summed E-state index contributed by atoms with van der Waals surface area (Å²) in [5.74, 6) is -0.356. The molecule has 0 atom stereocenters. The first-order valence-electron chi connectivity index (χ1n) is 10.4. The zero-order valence-corrected chi connectivity index (χ0v) is 16.9. The number of aromatic nitrogens is 2. The van der Waals surface area contributed by atoms with Crippen molar-refractivity contribution in [3.63, 3.8) is 0 Å². The molecule has 3 aliphatic heterocycles. The van der Waals surface area contributed by atoms with Gasteiger partial charge in [-0.05, 0) is 37.2 Å². The quantitative estimate of drug-likeness (QED) is 0.576. The topological polar surface area (TPSA) is 94.8 Å². The number of nitrogens with zero attached hydrogens (tertiary/aromatic N) is 3. The number of carbonyl (C=O) groups excluding carboxylic acids is 2. The Morgan fingerprint density at radius 2 is 2.21 bits per heavy atom. The van der Waals surface area contributed by atoms with E-state index in [0.29, 0.717) is 44.7 Å². The summed E-state index contributed by atoms with van der Waals surface area (Å²) < 4.78 is 12.9. The van der Waals surface area contributed by atoms with Crippen molar-refractivity contribution in [3.05, 3.63) is 28.6 Å². The van der Waals surface area contributed by atoms with Gasteiger partial charge in [-0.3, -0.25) is 14.5 Å². The first-order valence-corrected chi connectivity index (χ1v) is 10.4. The van der Waals surface area contributed by atoms with Crippen molar-refractivity contribution in [2.75, 3.05) is 32.9 Å². The number of fused-ring (bicyclic) bond motifs is 1. The molecule has 4 heterocycles. The van der Waals surface area contributed by atoms with Gasteiger partial charge >= 0.3 is 5.97 Å². The van der Waals surface area contributed by atoms with Crippen LogP contribution in [0.5, 0.6) is 0 Å². The molecular weight excluding hydrogens is 372 g/mol. The third-order valence-electron chi connectivity index (χ3n) is 6.04. The third kappa shape index (κ3) is 4.12. The van der Waals surface area contributed by atoms with Gasteiger partial charge in [0, 0.05) is 38.9 Å². The van der Waals surface area contributed by atoms with Crippen molar-refractivity contribution in [3.8, 4) is 0 Å². The summed E-state index contributed by atoms with van der Waals surface area (Å²) in [6.45, 7) is 5.63. The van der Waals surface area contributed by atoms with Crippen LogP contribution in [0.1, 0.15) is 47.9 Å². The second kappa shape index (κ2) is 8.49. The lowest BCUT2D eigenvalue weighted by Gasteiger charge is -2.36. The minimum Gasteiger partial charge on any atom is -0.462 e. The van der Waals surface area contributed by atoms with Crippen LogP contribution in [-0.4, -0.2) is 60.8 Å². The Morgan fingerprint density at radius 3 is 2.93 bits per heavy atom. The molecule has 1 aromatic heterocycles. The molecule has 1 N–H and O–H groups in total. The van der Waals surface area contributed by atoms with Gasteiger partial charge in [-0.2, -0.15) is 5.10 Å². The summed E-state index contributed by atoms with van der Waals surface area (Å²) in [6, 6.07) is 0. The number of rotatable bonds is 6. The van der Waals surface area contributed by atoms with E-state index in [9.17, 15) is 9.59 Å². The van der Waals surface area contributed by atoms with Gasteiger partial charge in [0.1, 0.15) is 0 Å². The lowest BCUT2D eigenvalue weighted by molar-refractivity contribution is -0.138. The molecule has 0 unspecified atom stereocenters. The first kappa shape index (κ1) is 19.8. The average molecular weight is 400 g/mol. The molecule has 156 valence electrons. The number of ether oxygens (including phenoxy) is 2. The summed E-state index contributed by atoms with van der Waals surface area (Å²) in [5.41, 5.74) is 3.13. The fourth-order valence-corrected chi connectivity index (χ4v) is 4.31. The van der Waals surface area contributed by atoms with Gasteiger partial charge < -0.3 is 14.8 Å². The Balaban J connectivity index is 1.47. The molecule has 0 bridgehead atoms. The van der Waals surface area contributed by atoms with E-state index >= 15 is 0 Å². The Morgan fingerprint density at radius 1 is 1.38 bits per heavy atom. The summed E-state index contributed by atoms with van der Waals surface area (Å²) in [4.78, 5) is 28.8. The minimum absolute atomic E-state index is 0.0228. The van der Waals surface area contributed by atoms with Crippen LogP contribution in [-0.2, 0) is 33.7 Å². The smallest absolute Gasteiger partial charge is 0.339 e. The summed E-state index contributed by atoms with van der Waals surface area (Å²) in [6.07, 6.45) is 7.36. The van der Waals surface area contributed by atoms with Gasteiger partial charge in [0.2, 0.25) is 0 Å². The predicted molar refractivity (Wildman–Crippen MR) is 107 cm³/mol. The molecule has 8 heteroatoms. The highest BCUT2D eigenvalue weighted by Crippen LogP contribution is 2.37. The average Bonchev–Trinajstić information content (AvgIpc) is 3.36. The van der Waals surface area contributed by atoms with Crippen LogP contribution in [0, 0.1) is 5.41 Å². The number of carbonyl (C=O) groups is 2. The first-order chi connectivity index (χ1) is 14.1. The molecule has 4 rings (SSSR count). The van der Waals surface area contributed by atoms with Crippen LogP contribution in [0.25, 0.3) is 0 Å². The van der Waals surface area contributed by atoms with Crippen LogP contribution in [0.4, 0.5) is 0 Å². The van der Waals surface area contributed by atoms with Crippen molar-refractivity contribution in [1.82, 2.24) is 15.1 Å². The highest BCUT2D eigenvalue weighted by molar-refractivity contribution is 6.10. The number of amides is 1. The van der Waals surface area contributed by atoms with E-state index in [1.807, 2.05) is 11.6 Å². The van der Waals surface area contributed by atoms with Crippen LogP contribution in [0.3, 0.4) is 0 Å². The van der Waals surface area contributed by atoms with Gasteiger partial charge in [-0.1, -0.05) is 6.92 Å². The second-order valence-electron chi connectivity index (χ2n) is 7.96. The second-order valence-corrected chi connectivity index (χ2v) is 7.96. The maximum absolute atomic E-state index is 12.8. The number of hydrogen-bond donors (Lipinski definition) is 1. The third-order valence-corrected chi connectivity index (χ3v) is 6.04. The normalized spacial score (nSPS) is 20.2. The molecule has 1 saturated heterocycles. The van der Waals surface area contributed by atoms with E-state index in [-0.39, 0.29) is 17.3 Å². The Labute approximate surface area is 170 Å². The van der Waals surface area contributed by atoms with Crippen molar-refractivity contribution in [2.24, 2.45) is 10.4 Å². The van der Waals surface area contributed by atoms with Gasteiger partial charge in [-0.25, -0.2) is 4.79 Å². The number of hydrogen-bond acceptors (Lipinski definition) is 6. The van der Waals surface area contributed by atoms with E-state index in [0.717, 1.165) is 49.4 Å². The van der Waals surface area contributed by atoms with Crippen molar-refractivity contribution in [2.45, 2.75) is 45.6 Å². The van der Waals surface area contributed by atoms with E-state index in [2.05, 4.69) is 10.3 Å². The van der Waals surface area contributed by atoms with Crippen LogP contribution >= 0.6 is 0 Å². The highest BCUT2D eigenvalue weighted by Gasteiger charge is 2.39. The van der Waals surface area contributed by atoms with E-state index < -0.39 is 0 Å². The highest BCUT2D eigenvalue weighted by atomic mass is 16.5. The Bertz CT molecular complexity index is 849.